The van der Waals surface area contributed by atoms with Gasteiger partial charge in [-0.25, -0.2) is 4.98 Å². The number of benzene rings is 1. The van der Waals surface area contributed by atoms with Gasteiger partial charge in [0.2, 0.25) is 11.8 Å². The number of unbranched alkanes of at least 4 members (excludes halogenated alkanes) is 1. The Morgan fingerprint density at radius 2 is 0.793 bits per heavy atom. The van der Waals surface area contributed by atoms with E-state index >= 15 is 0 Å². The highest BCUT2D eigenvalue weighted by Crippen LogP contribution is 2.06. The number of aromatic amines is 1. The zero-order valence-electron chi connectivity index (χ0n) is 65.0. The molecular weight excluding hydrogens is 1600 g/mol. The monoisotopic (exact) mass is 1720 g/mol. The van der Waals surface area contributed by atoms with Crippen molar-refractivity contribution in [1.82, 2.24) is 9.97 Å². The molecule has 674 valence electrons. The van der Waals surface area contributed by atoms with Crippen molar-refractivity contribution in [3.63, 3.8) is 0 Å². The maximum Gasteiger partial charge on any atom is 0.321 e. The van der Waals surface area contributed by atoms with Crippen molar-refractivity contribution >= 4 is 126 Å². The molecule has 13 atom stereocenters. The third kappa shape index (κ3) is 106. The van der Waals surface area contributed by atoms with Gasteiger partial charge in [-0.05, 0) is 87.8 Å². The van der Waals surface area contributed by atoms with Gasteiger partial charge in [-0.3, -0.25) is 81.5 Å². The normalized spacial score (nSPS) is 12.9. The van der Waals surface area contributed by atoms with E-state index in [1.54, 1.807) is 18.0 Å². The van der Waals surface area contributed by atoms with Gasteiger partial charge in [0, 0.05) is 36.9 Å². The van der Waals surface area contributed by atoms with Crippen LogP contribution in [0.4, 0.5) is 0 Å². The van der Waals surface area contributed by atoms with E-state index < -0.39 is 180 Å². The summed E-state index contributed by atoms with van der Waals surface area (Å²) in [5.41, 5.74) is 82.0. The summed E-state index contributed by atoms with van der Waals surface area (Å²) in [5, 5.41) is 122. The number of imidazole rings is 1. The number of thiol groups is 1. The second kappa shape index (κ2) is 82.5. The van der Waals surface area contributed by atoms with E-state index in [1.807, 2.05) is 64.3 Å². The minimum Gasteiger partial charge on any atom is -0.481 e. The summed E-state index contributed by atoms with van der Waals surface area (Å²) < 4.78 is 0. The van der Waals surface area contributed by atoms with Gasteiger partial charge in [0.05, 0.1) is 25.7 Å². The molecule has 2 rings (SSSR count). The highest BCUT2D eigenvalue weighted by atomic mass is 32.2. The number of carbonyl (C=O) groups excluding carboxylic acids is 2. The number of nitrogens with two attached hydrogens (primary N) is 16. The molecule has 48 N–H and O–H groups in total. The molecule has 0 aliphatic heterocycles. The van der Waals surface area contributed by atoms with Crippen LogP contribution in [0.5, 0.6) is 0 Å². The smallest absolute Gasteiger partial charge is 0.321 e. The number of carbonyl (C=O) groups is 17. The van der Waals surface area contributed by atoms with Crippen molar-refractivity contribution in [1.29, 1.82) is 0 Å². The number of aliphatic carboxylic acids is 15. The van der Waals surface area contributed by atoms with E-state index in [4.69, 9.17) is 157 Å². The predicted molar refractivity (Wildman–Crippen MR) is 422 cm³/mol. The lowest BCUT2D eigenvalue weighted by molar-refractivity contribution is -0.144. The van der Waals surface area contributed by atoms with E-state index in [0.717, 1.165) is 36.3 Å². The molecule has 1 aromatic heterocycles. The summed E-state index contributed by atoms with van der Waals surface area (Å²) >= 11 is 5.25. The number of hydrogen-bond donors (Lipinski definition) is 33. The first-order valence-electron chi connectivity index (χ1n) is 33.7. The second-order valence-electron chi connectivity index (χ2n) is 23.5. The fourth-order valence-electron chi connectivity index (χ4n) is 5.26. The summed E-state index contributed by atoms with van der Waals surface area (Å²) in [6.45, 7) is 9.40. The molecule has 2 amide bonds. The molecule has 2 aromatic rings. The van der Waals surface area contributed by atoms with Crippen molar-refractivity contribution in [3.05, 3.63) is 54.1 Å². The van der Waals surface area contributed by atoms with Crippen LogP contribution in [0.25, 0.3) is 0 Å². The van der Waals surface area contributed by atoms with Crippen molar-refractivity contribution in [2.24, 2.45) is 104 Å². The minimum absolute atomic E-state index is 0.0213. The molecule has 0 saturated heterocycles. The van der Waals surface area contributed by atoms with E-state index in [1.165, 1.54) is 13.3 Å². The second-order valence-corrected chi connectivity index (χ2v) is 24.8. The van der Waals surface area contributed by atoms with Crippen LogP contribution in [0.1, 0.15) is 123 Å². The molecule has 0 saturated carbocycles. The topological polar surface area (TPSA) is 1040 Å². The van der Waals surface area contributed by atoms with Crippen molar-refractivity contribution in [3.8, 4) is 0 Å². The van der Waals surface area contributed by atoms with Gasteiger partial charge in [-0.1, -0.05) is 70.9 Å². The summed E-state index contributed by atoms with van der Waals surface area (Å²) in [4.78, 5) is 176. The first kappa shape index (κ1) is 129. The molecule has 1 heterocycles. The summed E-state index contributed by atoms with van der Waals surface area (Å²) in [6.07, 6.45) is 8.78. The van der Waals surface area contributed by atoms with Crippen LogP contribution in [0.3, 0.4) is 0 Å². The van der Waals surface area contributed by atoms with Crippen LogP contribution in [-0.2, 0) is 94.3 Å². The fraction of sp³-hybridized carbons (Fsp3) is 0.594. The molecule has 50 nitrogen and oxygen atoms in total. The van der Waals surface area contributed by atoms with Crippen LogP contribution in [-0.4, -0.2) is 291 Å². The van der Waals surface area contributed by atoms with Crippen LogP contribution in [0, 0.1) is 11.8 Å². The van der Waals surface area contributed by atoms with Crippen molar-refractivity contribution < 1.29 is 158 Å². The Kier molecular flexibility index (Phi) is 91.8. The standard InChI is InChI=1S/C9H11NO2.C6H9N3O2.C6H14N2O2.2C6H13NO2.C5H10N2O3.C5H9NO4.C5H11NO2S.C4H8N2O3.C4H7NO4.C3H7NO2S.C3H7NO2.C2H5NO2/c10-8(9(11)12)6-7-4-2-1-3-5-7;7-5(6(10)11)1-4-2-8-3-9-4;7-4-2-1-3-5(8)6(9)10;1-4(2)3-5(7)6(8)9;1-3-4(2)5(7)6(8)9;2*6-3(5(9)10)1-2-4(7)8;1-9-3-2-4(6)5(7)8;2*5-2(4(8)9)1-3(6)7;4-2(1-7)3(5)6;1-2(4)3(5)6;3-1-2(4)5/h1-5,8H,6,10H2,(H,11,12);2-3,5H,1,7H2,(H,8,9)(H,10,11);5H,1-4,7-8H2,(H,9,10);2*4-5H,3,7H2,1-2H3,(H,8,9);3H,1-2,6H2,(H2,7,8)(H,9,10);3H,1-2,6H2,(H,7,8)(H,9,10);4H,2-3,6H2,1H3,(H,7,8);2H,1,5H2,(H2,6,7)(H,8,9);2H,1,5H2,(H,6,7)(H,8,9);2,7H,1,4H2,(H,5,6);2H,4H2,1H3,(H,5,6);1,3H2,(H,4,5)/t8-;3*5-;4-,5-;2*3-;4-;4*2-;/m000000000000./s1. The lowest BCUT2D eigenvalue weighted by Gasteiger charge is -2.11. The lowest BCUT2D eigenvalue weighted by Crippen LogP contribution is -2.36. The molecule has 1 aromatic carbocycles. The first-order chi connectivity index (χ1) is 53.1. The number of hydrogen-bond acceptors (Lipinski definition) is 34. The quantitative estimate of drug-likeness (QED) is 0.0219. The maximum absolute atomic E-state index is 10.4. The lowest BCUT2D eigenvalue weighted by atomic mass is 10.0. The van der Waals surface area contributed by atoms with Gasteiger partial charge in [0.25, 0.3) is 0 Å². The molecule has 0 spiro atoms. The van der Waals surface area contributed by atoms with E-state index in [9.17, 15) is 81.5 Å². The van der Waals surface area contributed by atoms with Crippen LogP contribution in [0.15, 0.2) is 42.9 Å². The zero-order chi connectivity index (χ0) is 93.9. The van der Waals surface area contributed by atoms with Gasteiger partial charge >= 0.3 is 89.5 Å². The van der Waals surface area contributed by atoms with Gasteiger partial charge in [0.1, 0.15) is 72.5 Å². The van der Waals surface area contributed by atoms with Gasteiger partial charge in [-0.2, -0.15) is 24.4 Å². The number of aromatic nitrogens is 2. The molecule has 116 heavy (non-hydrogen) atoms. The molecular formula is C64H124N18O32S2. The van der Waals surface area contributed by atoms with Gasteiger partial charge < -0.3 is 173 Å². The number of H-pyrrole nitrogens is 1. The largest absolute Gasteiger partial charge is 0.481 e. The van der Waals surface area contributed by atoms with Crippen LogP contribution < -0.4 is 91.7 Å². The molecule has 0 radical (unpaired) electrons. The first-order valence-corrected chi connectivity index (χ1v) is 35.7. The molecule has 52 heteroatoms. The Morgan fingerprint density at radius 1 is 0.431 bits per heavy atom. The molecule has 0 aliphatic carbocycles. The van der Waals surface area contributed by atoms with Gasteiger partial charge in [-0.15, -0.1) is 0 Å². The predicted octanol–water partition coefficient (Wildman–Crippen LogP) is -6.58. The number of thioether (sulfide) groups is 1. The Balaban J connectivity index is -0.000000115. The number of nitrogens with zero attached hydrogens (tertiary/aromatic N) is 1. The Hall–Kier alpha value is -10.4. The van der Waals surface area contributed by atoms with E-state index in [-0.39, 0.29) is 56.7 Å². The molecule has 0 fully saturated rings. The van der Waals surface area contributed by atoms with E-state index in [0.29, 0.717) is 38.1 Å². The average molecular weight is 1720 g/mol. The van der Waals surface area contributed by atoms with E-state index in [2.05, 4.69) is 34.1 Å². The molecule has 0 unspecified atom stereocenters. The summed E-state index contributed by atoms with van der Waals surface area (Å²) in [6, 6.07) is -1.14. The zero-order valence-corrected chi connectivity index (χ0v) is 66.8. The SMILES string of the molecule is CC(C)C[C@H](N)C(=O)O.CC[C@H](C)[C@H](N)C(=O)O.CSCC[C@H](N)C(=O)O.C[C@H](N)C(=O)O.NC(=O)CC[C@H](N)C(=O)O.NC(=O)C[C@H](N)C(=O)O.NCC(=O)O.NCCCC[C@H](N)C(=O)O.N[C@@H](CC(=O)O)C(=O)O.N[C@@H](CCC(=O)O)C(=O)O.N[C@@H](CS)C(=O)O.N[C@@H](Cc1ccccc1)C(=O)O.N[C@@H](Cc1cnc[nH]1)C(=O)O. The Morgan fingerprint density at radius 3 is 1.03 bits per heavy atom. The number of primary amides is 2. The van der Waals surface area contributed by atoms with Gasteiger partial charge in [0.15, 0.2) is 0 Å². The third-order valence-corrected chi connectivity index (χ3v) is 13.3. The summed E-state index contributed by atoms with van der Waals surface area (Å²) in [5.74, 6) is -15.4. The number of carboxylic acid groups (broad SMARTS) is 15. The van der Waals surface area contributed by atoms with Crippen molar-refractivity contribution in [2.75, 3.05) is 30.9 Å². The average Bonchev–Trinajstić information content (AvgIpc) is 1.03. The fourth-order valence-corrected chi connectivity index (χ4v) is 5.91. The number of carboxylic acids is 15. The Labute approximate surface area is 676 Å². The number of rotatable bonds is 39. The third-order valence-electron chi connectivity index (χ3n) is 12.3. The van der Waals surface area contributed by atoms with Crippen LogP contribution >= 0.6 is 24.4 Å². The maximum atomic E-state index is 10.4. The Bertz CT molecular complexity index is 3000. The molecule has 0 bridgehead atoms. The summed E-state index contributed by atoms with van der Waals surface area (Å²) in [7, 11) is 0. The molecule has 0 aliphatic rings. The van der Waals surface area contributed by atoms with Crippen LogP contribution in [0.2, 0.25) is 0 Å². The highest BCUT2D eigenvalue weighted by molar-refractivity contribution is 7.98. The van der Waals surface area contributed by atoms with Crippen molar-refractivity contribution in [2.45, 2.75) is 197 Å². The minimum atomic E-state index is -1.29. The highest BCUT2D eigenvalue weighted by Gasteiger charge is 2.20. The number of nitrogens with one attached hydrogen (secondary N) is 1. The number of amides is 2.